The van der Waals surface area contributed by atoms with E-state index in [0.29, 0.717) is 0 Å². The van der Waals surface area contributed by atoms with Crippen molar-refractivity contribution in [2.24, 2.45) is 11.8 Å². The Hall–Kier alpha value is -0.710. The van der Waals surface area contributed by atoms with Crippen molar-refractivity contribution in [3.63, 3.8) is 0 Å². The predicted octanol–water partition coefficient (Wildman–Crippen LogP) is 3.30. The average Bonchev–Trinajstić information content (AvgIpc) is 2.29. The normalized spacial score (nSPS) is 17.3. The average molecular weight is 282 g/mol. The molecule has 19 heavy (non-hydrogen) atoms. The number of carbonyl (C=O) groups is 1. The van der Waals surface area contributed by atoms with E-state index in [4.69, 9.17) is 5.11 Å². The third-order valence-corrected chi connectivity index (χ3v) is 3.27. The van der Waals surface area contributed by atoms with Gasteiger partial charge in [0.15, 0.2) is 0 Å². The van der Waals surface area contributed by atoms with Crippen LogP contribution in [0.3, 0.4) is 0 Å². The van der Waals surface area contributed by atoms with Crippen molar-refractivity contribution in [3.05, 3.63) is 0 Å². The van der Waals surface area contributed by atoms with Gasteiger partial charge in [0.1, 0.15) is 5.67 Å². The molecule has 116 valence electrons. The zero-order chi connectivity index (χ0) is 15.9. The summed E-state index contributed by atoms with van der Waals surface area (Å²) in [6.45, 7) is 10.9. The van der Waals surface area contributed by atoms with Crippen LogP contribution in [-0.4, -0.2) is 35.6 Å². The highest BCUT2D eigenvalue weighted by Gasteiger charge is 2.37. The van der Waals surface area contributed by atoms with E-state index in [1.807, 2.05) is 0 Å². The summed E-state index contributed by atoms with van der Waals surface area (Å²) in [5.41, 5.74) is -3.25. The maximum Gasteiger partial charge on any atom is 0.343 e. The predicted molar refractivity (Wildman–Crippen MR) is 72.4 cm³/mol. The van der Waals surface area contributed by atoms with E-state index in [0.717, 1.165) is 0 Å². The Kier molecular flexibility index (Phi) is 9.17. The Morgan fingerprint density at radius 2 is 1.58 bits per heavy atom. The molecule has 2 unspecified atom stereocenters. The molecule has 1 N–H and O–H groups in total. The van der Waals surface area contributed by atoms with Gasteiger partial charge < -0.3 is 9.84 Å². The molecule has 3 nitrogen and oxygen atoms in total. The van der Waals surface area contributed by atoms with Gasteiger partial charge in [-0.3, -0.25) is 0 Å². The second-order valence-electron chi connectivity index (χ2n) is 5.54. The van der Waals surface area contributed by atoms with Gasteiger partial charge in [0, 0.05) is 0 Å². The van der Waals surface area contributed by atoms with E-state index >= 15 is 0 Å². The van der Waals surface area contributed by atoms with E-state index < -0.39 is 17.3 Å². The molecule has 0 amide bonds. The third-order valence-electron chi connectivity index (χ3n) is 3.27. The lowest BCUT2D eigenvalue weighted by molar-refractivity contribution is -0.159. The third kappa shape index (κ3) is 7.45. The van der Waals surface area contributed by atoms with Crippen molar-refractivity contribution in [2.45, 2.75) is 59.8 Å². The van der Waals surface area contributed by atoms with Crippen molar-refractivity contribution in [3.8, 4) is 0 Å². The van der Waals surface area contributed by atoms with Crippen molar-refractivity contribution >= 4 is 5.97 Å². The summed E-state index contributed by atoms with van der Waals surface area (Å²) in [6.07, 6.45) is 0. The molecule has 5 heteroatoms. The Morgan fingerprint density at radius 1 is 1.16 bits per heavy atom. The number of alkyl halides is 2. The van der Waals surface area contributed by atoms with Crippen LogP contribution in [0.15, 0.2) is 0 Å². The first-order valence-electron chi connectivity index (χ1n) is 6.59. The van der Waals surface area contributed by atoms with Gasteiger partial charge in [0.25, 0.3) is 0 Å². The van der Waals surface area contributed by atoms with Crippen LogP contribution in [0.2, 0.25) is 0 Å². The number of hydrogen-bond acceptors (Lipinski definition) is 3. The summed E-state index contributed by atoms with van der Waals surface area (Å²) < 4.78 is 30.6. The second kappa shape index (κ2) is 8.46. The van der Waals surface area contributed by atoms with Gasteiger partial charge in [-0.2, -0.15) is 0 Å². The summed E-state index contributed by atoms with van der Waals surface area (Å²) in [6, 6.07) is 0. The number of esters is 1. The lowest BCUT2D eigenvalue weighted by Crippen LogP contribution is -2.37. The van der Waals surface area contributed by atoms with E-state index in [1.54, 1.807) is 34.6 Å². The minimum Gasteiger partial charge on any atom is -0.464 e. The van der Waals surface area contributed by atoms with Gasteiger partial charge in [0.2, 0.25) is 5.67 Å². The highest BCUT2D eigenvalue weighted by molar-refractivity contribution is 5.79. The Morgan fingerprint density at radius 3 is 1.74 bits per heavy atom. The molecular weight excluding hydrogens is 254 g/mol. The van der Waals surface area contributed by atoms with Crippen LogP contribution in [0, 0.1) is 11.8 Å². The number of hydrogen-bond donors (Lipinski definition) is 1. The lowest BCUT2D eigenvalue weighted by atomic mass is 9.95. The lowest BCUT2D eigenvalue weighted by Gasteiger charge is -2.21. The van der Waals surface area contributed by atoms with Gasteiger partial charge >= 0.3 is 5.97 Å². The highest BCUT2D eigenvalue weighted by Crippen LogP contribution is 2.22. The molecule has 2 atom stereocenters. The minimum absolute atomic E-state index is 0.104. The molecule has 0 aromatic rings. The monoisotopic (exact) mass is 282 g/mol. The number of rotatable bonds is 5. The molecule has 0 bridgehead atoms. The van der Waals surface area contributed by atoms with Crippen LogP contribution >= 0.6 is 0 Å². The van der Waals surface area contributed by atoms with Gasteiger partial charge in [-0.15, -0.1) is 0 Å². The molecule has 0 aliphatic carbocycles. The number of aliphatic hydroxyl groups excluding tert-OH is 1. The van der Waals surface area contributed by atoms with Crippen LogP contribution in [0.25, 0.3) is 0 Å². The SMILES string of the molecule is CC(C)C(C)(F)CO.CCOC(=O)C(C)(F)C(C)C. The Balaban J connectivity index is 0. The number of ether oxygens (including phenoxy) is 1. The molecule has 0 saturated heterocycles. The van der Waals surface area contributed by atoms with Crippen molar-refractivity contribution < 1.29 is 23.4 Å². The van der Waals surface area contributed by atoms with Crippen LogP contribution in [0.5, 0.6) is 0 Å². The molecule has 0 rings (SSSR count). The zero-order valence-corrected chi connectivity index (χ0v) is 13.1. The quantitative estimate of drug-likeness (QED) is 0.787. The molecule has 0 radical (unpaired) electrons. The van der Waals surface area contributed by atoms with Gasteiger partial charge in [0.05, 0.1) is 13.2 Å². The molecular formula is C14H28F2O3. The standard InChI is InChI=1S/C8H15FO2.C6H13FO/c1-5-11-7(10)8(4,9)6(2)3;1-5(2)6(3,7)4-8/h6H,5H2,1-4H3;5,8H,4H2,1-3H3. The first-order valence-corrected chi connectivity index (χ1v) is 6.59. The Bertz CT molecular complexity index is 261. The summed E-state index contributed by atoms with van der Waals surface area (Å²) in [5, 5.41) is 8.39. The fourth-order valence-corrected chi connectivity index (χ4v) is 0.690. The first kappa shape index (κ1) is 20.6. The molecule has 0 aliphatic rings. The summed E-state index contributed by atoms with van der Waals surface area (Å²) in [5.74, 6) is -1.22. The van der Waals surface area contributed by atoms with E-state index in [1.165, 1.54) is 13.8 Å². The van der Waals surface area contributed by atoms with Crippen LogP contribution in [0.1, 0.15) is 48.5 Å². The fraction of sp³-hybridized carbons (Fsp3) is 0.929. The summed E-state index contributed by atoms with van der Waals surface area (Å²) in [7, 11) is 0. The first-order chi connectivity index (χ1) is 8.43. The number of aliphatic hydroxyl groups is 1. The topological polar surface area (TPSA) is 46.5 Å². The van der Waals surface area contributed by atoms with Crippen molar-refractivity contribution in [1.29, 1.82) is 0 Å². The fourth-order valence-electron chi connectivity index (χ4n) is 0.690. The van der Waals surface area contributed by atoms with Crippen LogP contribution < -0.4 is 0 Å². The largest absolute Gasteiger partial charge is 0.464 e. The highest BCUT2D eigenvalue weighted by atomic mass is 19.1. The smallest absolute Gasteiger partial charge is 0.343 e. The van der Waals surface area contributed by atoms with Crippen LogP contribution in [-0.2, 0) is 9.53 Å². The Labute approximate surface area is 115 Å². The molecule has 0 fully saturated rings. The van der Waals surface area contributed by atoms with Gasteiger partial charge in [-0.25, -0.2) is 13.6 Å². The zero-order valence-electron chi connectivity index (χ0n) is 13.1. The van der Waals surface area contributed by atoms with Gasteiger partial charge in [-0.05, 0) is 32.6 Å². The molecule has 0 saturated carbocycles. The number of halogens is 2. The second-order valence-corrected chi connectivity index (χ2v) is 5.54. The van der Waals surface area contributed by atoms with Crippen LogP contribution in [0.4, 0.5) is 8.78 Å². The molecule has 0 heterocycles. The molecule has 0 aromatic carbocycles. The van der Waals surface area contributed by atoms with E-state index in [2.05, 4.69) is 4.74 Å². The van der Waals surface area contributed by atoms with E-state index in [9.17, 15) is 13.6 Å². The number of carbonyl (C=O) groups excluding carboxylic acids is 1. The van der Waals surface area contributed by atoms with Crippen molar-refractivity contribution in [2.75, 3.05) is 13.2 Å². The molecule has 0 spiro atoms. The van der Waals surface area contributed by atoms with Crippen molar-refractivity contribution in [1.82, 2.24) is 0 Å². The molecule has 0 aromatic heterocycles. The minimum atomic E-state index is -1.85. The van der Waals surface area contributed by atoms with E-state index in [-0.39, 0.29) is 25.0 Å². The maximum atomic E-state index is 13.3. The molecule has 0 aliphatic heterocycles. The summed E-state index contributed by atoms with van der Waals surface area (Å²) >= 11 is 0. The maximum absolute atomic E-state index is 13.3. The van der Waals surface area contributed by atoms with Gasteiger partial charge in [-0.1, -0.05) is 27.7 Å². The summed E-state index contributed by atoms with van der Waals surface area (Å²) in [4.78, 5) is 10.9.